The molecule has 1 aromatic carbocycles. The molecule has 3 aliphatic rings. The summed E-state index contributed by atoms with van der Waals surface area (Å²) in [5, 5.41) is 9.77. The second-order valence-corrected chi connectivity index (χ2v) is 8.21. The van der Waals surface area contributed by atoms with Gasteiger partial charge in [-0.2, -0.15) is 0 Å². The molecule has 24 heavy (non-hydrogen) atoms. The molecule has 0 bridgehead atoms. The lowest BCUT2D eigenvalue weighted by Gasteiger charge is -2.48. The monoisotopic (exact) mass is 328 g/mol. The second-order valence-electron chi connectivity index (χ2n) is 8.21. The van der Waals surface area contributed by atoms with Gasteiger partial charge in [0.1, 0.15) is 11.5 Å². The highest BCUT2D eigenvalue weighted by Gasteiger charge is 2.57. The van der Waals surface area contributed by atoms with Crippen LogP contribution in [0.1, 0.15) is 56.6 Å². The first-order valence-electron chi connectivity index (χ1n) is 9.48. The molecule has 2 saturated carbocycles. The fraction of sp³-hybridized carbons (Fsp3) is 0.667. The third-order valence-electron chi connectivity index (χ3n) is 7.10. The molecule has 4 rings (SSSR count). The van der Waals surface area contributed by atoms with Crippen molar-refractivity contribution in [3.63, 3.8) is 0 Å². The summed E-state index contributed by atoms with van der Waals surface area (Å²) in [7, 11) is 0. The number of benzene rings is 1. The predicted molar refractivity (Wildman–Crippen MR) is 93.1 cm³/mol. The molecule has 1 N–H and O–H groups in total. The van der Waals surface area contributed by atoms with Gasteiger partial charge in [0.25, 0.3) is 0 Å². The quantitative estimate of drug-likeness (QED) is 0.909. The van der Waals surface area contributed by atoms with E-state index in [0.717, 1.165) is 32.1 Å². The van der Waals surface area contributed by atoms with Crippen LogP contribution in [-0.2, 0) is 16.0 Å². The fourth-order valence-corrected chi connectivity index (χ4v) is 5.91. The minimum absolute atomic E-state index is 0.0971. The van der Waals surface area contributed by atoms with Crippen molar-refractivity contribution in [1.29, 1.82) is 0 Å². The van der Waals surface area contributed by atoms with E-state index in [1.165, 1.54) is 11.1 Å². The average molecular weight is 328 g/mol. The number of Topliss-reactive ketones (excluding diaryl/α,β-unsaturated/α-hetero) is 1. The van der Waals surface area contributed by atoms with Crippen molar-refractivity contribution in [3.8, 4) is 5.75 Å². The number of carbonyl (C=O) groups excluding carboxylic acids is 1. The molecule has 2 fully saturated rings. The van der Waals surface area contributed by atoms with Crippen LogP contribution in [0.15, 0.2) is 18.2 Å². The van der Waals surface area contributed by atoms with E-state index in [1.54, 1.807) is 0 Å². The number of phenols is 1. The summed E-state index contributed by atoms with van der Waals surface area (Å²) in [5.74, 6) is 2.59. The number of hydrogen-bond donors (Lipinski definition) is 1. The maximum Gasteiger partial charge on any atom is 0.144 e. The van der Waals surface area contributed by atoms with E-state index >= 15 is 0 Å². The van der Waals surface area contributed by atoms with E-state index in [2.05, 4.69) is 13.0 Å². The molecule has 0 heterocycles. The third kappa shape index (κ3) is 2.32. The van der Waals surface area contributed by atoms with E-state index in [9.17, 15) is 9.90 Å². The Morgan fingerprint density at radius 2 is 2.17 bits per heavy atom. The summed E-state index contributed by atoms with van der Waals surface area (Å²) in [4.78, 5) is 13.0. The average Bonchev–Trinajstić information content (AvgIpc) is 2.84. The van der Waals surface area contributed by atoms with Crippen molar-refractivity contribution in [2.75, 3.05) is 13.2 Å². The Bertz CT molecular complexity index is 652. The van der Waals surface area contributed by atoms with E-state index in [1.807, 2.05) is 19.1 Å². The largest absolute Gasteiger partial charge is 0.508 e. The fourth-order valence-electron chi connectivity index (χ4n) is 5.91. The molecule has 0 saturated heterocycles. The van der Waals surface area contributed by atoms with E-state index in [0.29, 0.717) is 42.5 Å². The summed E-state index contributed by atoms with van der Waals surface area (Å²) in [5.41, 5.74) is 2.60. The molecular weight excluding hydrogens is 300 g/mol. The van der Waals surface area contributed by atoms with Gasteiger partial charge < -0.3 is 9.84 Å². The molecule has 3 aliphatic carbocycles. The molecular formula is C21H28O3. The summed E-state index contributed by atoms with van der Waals surface area (Å²) < 4.78 is 5.60. The summed E-state index contributed by atoms with van der Waals surface area (Å²) in [6.45, 7) is 5.50. The highest BCUT2D eigenvalue weighted by Crippen LogP contribution is 2.60. The van der Waals surface area contributed by atoms with E-state index in [-0.39, 0.29) is 11.3 Å². The van der Waals surface area contributed by atoms with Crippen molar-refractivity contribution in [3.05, 3.63) is 29.3 Å². The molecule has 0 spiro atoms. The van der Waals surface area contributed by atoms with Gasteiger partial charge in [-0.3, -0.25) is 4.79 Å². The number of fused-ring (bicyclic) bond motifs is 5. The van der Waals surface area contributed by atoms with Crippen LogP contribution in [0.2, 0.25) is 0 Å². The Kier molecular flexibility index (Phi) is 3.95. The van der Waals surface area contributed by atoms with Gasteiger partial charge in [0.15, 0.2) is 0 Å². The van der Waals surface area contributed by atoms with Crippen LogP contribution in [0.3, 0.4) is 0 Å². The number of aromatic hydroxyl groups is 1. The van der Waals surface area contributed by atoms with E-state index < -0.39 is 0 Å². The summed E-state index contributed by atoms with van der Waals surface area (Å²) >= 11 is 0. The number of hydrogen-bond acceptors (Lipinski definition) is 3. The van der Waals surface area contributed by atoms with E-state index in [4.69, 9.17) is 4.74 Å². The number of ether oxygens (including phenoxy) is 1. The Morgan fingerprint density at radius 3 is 2.96 bits per heavy atom. The van der Waals surface area contributed by atoms with Gasteiger partial charge in [0, 0.05) is 17.9 Å². The third-order valence-corrected chi connectivity index (χ3v) is 7.10. The van der Waals surface area contributed by atoms with Gasteiger partial charge >= 0.3 is 0 Å². The molecule has 5 atom stereocenters. The maximum absolute atomic E-state index is 13.0. The lowest BCUT2D eigenvalue weighted by molar-refractivity contribution is -0.133. The first-order chi connectivity index (χ1) is 11.5. The lowest BCUT2D eigenvalue weighted by atomic mass is 9.55. The Hall–Kier alpha value is -1.35. The normalized spacial score (nSPS) is 37.7. The van der Waals surface area contributed by atoms with Crippen molar-refractivity contribution in [2.24, 2.45) is 23.2 Å². The Morgan fingerprint density at radius 1 is 1.33 bits per heavy atom. The summed E-state index contributed by atoms with van der Waals surface area (Å²) in [6.07, 6.45) is 5.28. The smallest absolute Gasteiger partial charge is 0.144 e. The number of rotatable bonds is 3. The zero-order valence-corrected chi connectivity index (χ0v) is 14.8. The predicted octanol–water partition coefficient (Wildman–Crippen LogP) is 4.08. The van der Waals surface area contributed by atoms with Crippen molar-refractivity contribution >= 4 is 5.78 Å². The van der Waals surface area contributed by atoms with Gasteiger partial charge in [-0.15, -0.1) is 0 Å². The molecule has 130 valence electrons. The highest BCUT2D eigenvalue weighted by molar-refractivity contribution is 5.89. The van der Waals surface area contributed by atoms with Gasteiger partial charge in [0.2, 0.25) is 0 Å². The molecule has 0 amide bonds. The molecule has 1 aromatic rings. The zero-order valence-electron chi connectivity index (χ0n) is 14.8. The first kappa shape index (κ1) is 16.1. The minimum atomic E-state index is -0.142. The first-order valence-corrected chi connectivity index (χ1v) is 9.48. The lowest BCUT2D eigenvalue weighted by Crippen LogP contribution is -2.42. The van der Waals surface area contributed by atoms with Gasteiger partial charge in [-0.25, -0.2) is 0 Å². The Labute approximate surface area is 144 Å². The van der Waals surface area contributed by atoms with Gasteiger partial charge in [-0.1, -0.05) is 13.0 Å². The van der Waals surface area contributed by atoms with Crippen LogP contribution in [0.25, 0.3) is 0 Å². The minimum Gasteiger partial charge on any atom is -0.508 e. The second kappa shape index (κ2) is 5.87. The van der Waals surface area contributed by atoms with Crippen molar-refractivity contribution in [2.45, 2.75) is 51.9 Å². The van der Waals surface area contributed by atoms with Crippen LogP contribution in [0.4, 0.5) is 0 Å². The maximum atomic E-state index is 13.0. The highest BCUT2D eigenvalue weighted by atomic mass is 16.5. The number of aryl methyl sites for hydroxylation is 1. The Balaban J connectivity index is 1.62. The SMILES string of the molecule is CCOCC1C[C@H]2[C@@H]3CCc4cc(O)ccc4[C@H]3CC[C@]2(C)C1=O. The van der Waals surface area contributed by atoms with Gasteiger partial charge in [0.05, 0.1) is 6.61 Å². The summed E-state index contributed by atoms with van der Waals surface area (Å²) in [6, 6.07) is 5.89. The van der Waals surface area contributed by atoms with Crippen LogP contribution >= 0.6 is 0 Å². The molecule has 1 unspecified atom stereocenters. The topological polar surface area (TPSA) is 46.5 Å². The standard InChI is InChI=1S/C21H28O3/c1-3-24-12-14-11-19-18-6-4-13-10-15(22)5-7-16(13)17(18)8-9-21(19,2)20(14)23/h5,7,10,14,17-19,22H,3-4,6,8-9,11-12H2,1-2H3/t14?,17-,18-,19+,21+/m1/s1. The van der Waals surface area contributed by atoms with Crippen LogP contribution in [0, 0.1) is 23.2 Å². The number of carbonyl (C=O) groups is 1. The number of ketones is 1. The molecule has 3 nitrogen and oxygen atoms in total. The van der Waals surface area contributed by atoms with Crippen molar-refractivity contribution in [1.82, 2.24) is 0 Å². The van der Waals surface area contributed by atoms with Crippen molar-refractivity contribution < 1.29 is 14.6 Å². The molecule has 0 aromatic heterocycles. The molecule has 0 aliphatic heterocycles. The zero-order chi connectivity index (χ0) is 16.9. The van der Waals surface area contributed by atoms with Crippen LogP contribution < -0.4 is 0 Å². The van der Waals surface area contributed by atoms with Crippen LogP contribution in [-0.4, -0.2) is 24.1 Å². The van der Waals surface area contributed by atoms with Crippen LogP contribution in [0.5, 0.6) is 5.75 Å². The molecule has 0 radical (unpaired) electrons. The molecule has 3 heteroatoms. The van der Waals surface area contributed by atoms with Gasteiger partial charge in [-0.05, 0) is 80.0 Å². The number of phenolic OH excluding ortho intramolecular Hbond substituents is 1.